The van der Waals surface area contributed by atoms with Crippen LogP contribution in [0.4, 0.5) is 10.5 Å². The molecular formula is C18H21N5O3. The predicted octanol–water partition coefficient (Wildman–Crippen LogP) is 1.64. The molecule has 1 unspecified atom stereocenters. The van der Waals surface area contributed by atoms with Gasteiger partial charge in [-0.15, -0.1) is 5.10 Å². The standard InChI is InChI=1S/C18H21N5O3/c1-13(24)21-8-6-15(10-21)14-2-4-16(5-3-14)23-12-17(26-18(23)25)11-22-9-7-19-20-22/h2-5,7,9,15,17H,6,8,10-12H2,1H3/t15?,17-/m0/s1. The summed E-state index contributed by atoms with van der Waals surface area (Å²) in [5.74, 6) is 0.487. The van der Waals surface area contributed by atoms with Crippen LogP contribution in [0.15, 0.2) is 36.7 Å². The molecule has 26 heavy (non-hydrogen) atoms. The third-order valence-electron chi connectivity index (χ3n) is 5.05. The van der Waals surface area contributed by atoms with Crippen molar-refractivity contribution in [3.63, 3.8) is 0 Å². The highest BCUT2D eigenvalue weighted by Gasteiger charge is 2.33. The molecule has 8 nitrogen and oxygen atoms in total. The highest BCUT2D eigenvalue weighted by molar-refractivity contribution is 5.89. The lowest BCUT2D eigenvalue weighted by molar-refractivity contribution is -0.127. The van der Waals surface area contributed by atoms with E-state index in [2.05, 4.69) is 10.3 Å². The molecule has 136 valence electrons. The normalized spacial score (nSPS) is 22.7. The third kappa shape index (κ3) is 3.26. The van der Waals surface area contributed by atoms with Gasteiger partial charge in [-0.25, -0.2) is 9.48 Å². The average Bonchev–Trinajstić information content (AvgIpc) is 3.36. The van der Waals surface area contributed by atoms with Crippen molar-refractivity contribution >= 4 is 17.7 Å². The zero-order valence-corrected chi connectivity index (χ0v) is 14.6. The number of benzene rings is 1. The fourth-order valence-corrected chi connectivity index (χ4v) is 3.61. The first-order valence-electron chi connectivity index (χ1n) is 8.78. The zero-order chi connectivity index (χ0) is 18.1. The molecule has 2 atom stereocenters. The van der Waals surface area contributed by atoms with Crippen LogP contribution in [-0.2, 0) is 16.1 Å². The van der Waals surface area contributed by atoms with Crippen LogP contribution in [0, 0.1) is 0 Å². The van der Waals surface area contributed by atoms with E-state index in [9.17, 15) is 9.59 Å². The molecule has 8 heteroatoms. The fourth-order valence-electron chi connectivity index (χ4n) is 3.61. The number of carbonyl (C=O) groups is 2. The summed E-state index contributed by atoms with van der Waals surface area (Å²) in [5, 5.41) is 7.66. The molecule has 2 saturated heterocycles. The van der Waals surface area contributed by atoms with Gasteiger partial charge in [0.05, 0.1) is 19.3 Å². The molecule has 0 spiro atoms. The molecule has 2 aliphatic heterocycles. The summed E-state index contributed by atoms with van der Waals surface area (Å²) in [6, 6.07) is 7.99. The van der Waals surface area contributed by atoms with Gasteiger partial charge in [-0.3, -0.25) is 9.69 Å². The van der Waals surface area contributed by atoms with Crippen molar-refractivity contribution in [3.05, 3.63) is 42.2 Å². The Balaban J connectivity index is 1.40. The number of ether oxygens (including phenoxy) is 1. The summed E-state index contributed by atoms with van der Waals surface area (Å²) in [6.45, 7) is 4.16. The quantitative estimate of drug-likeness (QED) is 0.833. The average molecular weight is 355 g/mol. The van der Waals surface area contributed by atoms with Gasteiger partial charge in [0.25, 0.3) is 0 Å². The molecule has 1 aromatic carbocycles. The maximum atomic E-state index is 12.2. The Hall–Kier alpha value is -2.90. The summed E-state index contributed by atoms with van der Waals surface area (Å²) in [5.41, 5.74) is 2.02. The first kappa shape index (κ1) is 16.6. The highest BCUT2D eigenvalue weighted by atomic mass is 16.6. The Morgan fingerprint density at radius 2 is 2.08 bits per heavy atom. The van der Waals surface area contributed by atoms with E-state index in [1.54, 1.807) is 28.9 Å². The molecule has 0 saturated carbocycles. The molecule has 4 rings (SSSR count). The molecule has 0 aliphatic carbocycles. The molecule has 0 radical (unpaired) electrons. The summed E-state index contributed by atoms with van der Waals surface area (Å²) in [6.07, 6.45) is 3.74. The van der Waals surface area contributed by atoms with Crippen molar-refractivity contribution in [2.45, 2.75) is 31.9 Å². The molecule has 0 bridgehead atoms. The van der Waals surface area contributed by atoms with Crippen molar-refractivity contribution in [1.82, 2.24) is 19.9 Å². The fraction of sp³-hybridized carbons (Fsp3) is 0.444. The summed E-state index contributed by atoms with van der Waals surface area (Å²) >= 11 is 0. The van der Waals surface area contributed by atoms with Crippen LogP contribution in [-0.4, -0.2) is 57.6 Å². The van der Waals surface area contributed by atoms with E-state index in [1.807, 2.05) is 29.2 Å². The predicted molar refractivity (Wildman–Crippen MR) is 93.7 cm³/mol. The Morgan fingerprint density at radius 1 is 1.27 bits per heavy atom. The summed E-state index contributed by atoms with van der Waals surface area (Å²) in [4.78, 5) is 27.2. The smallest absolute Gasteiger partial charge is 0.414 e. The molecule has 2 aliphatic rings. The number of anilines is 1. The topological polar surface area (TPSA) is 80.6 Å². The first-order valence-corrected chi connectivity index (χ1v) is 8.78. The van der Waals surface area contributed by atoms with Gasteiger partial charge < -0.3 is 9.64 Å². The molecule has 3 heterocycles. The number of nitrogens with zero attached hydrogens (tertiary/aromatic N) is 5. The van der Waals surface area contributed by atoms with Gasteiger partial charge >= 0.3 is 6.09 Å². The van der Waals surface area contributed by atoms with Crippen LogP contribution in [0.3, 0.4) is 0 Å². The van der Waals surface area contributed by atoms with Crippen molar-refractivity contribution in [1.29, 1.82) is 0 Å². The second kappa shape index (κ2) is 6.78. The van der Waals surface area contributed by atoms with Gasteiger partial charge in [0.1, 0.15) is 6.10 Å². The van der Waals surface area contributed by atoms with Gasteiger partial charge in [0.2, 0.25) is 5.91 Å². The number of likely N-dealkylation sites (tertiary alicyclic amines) is 1. The second-order valence-electron chi connectivity index (χ2n) is 6.78. The maximum absolute atomic E-state index is 12.2. The van der Waals surface area contributed by atoms with Crippen molar-refractivity contribution in [3.8, 4) is 0 Å². The maximum Gasteiger partial charge on any atom is 0.414 e. The Bertz CT molecular complexity index is 790. The Morgan fingerprint density at radius 3 is 2.73 bits per heavy atom. The van der Waals surface area contributed by atoms with E-state index in [4.69, 9.17) is 4.74 Å². The number of carbonyl (C=O) groups excluding carboxylic acids is 2. The van der Waals surface area contributed by atoms with E-state index in [0.29, 0.717) is 19.0 Å². The van der Waals surface area contributed by atoms with E-state index in [-0.39, 0.29) is 18.1 Å². The van der Waals surface area contributed by atoms with Crippen molar-refractivity contribution < 1.29 is 14.3 Å². The van der Waals surface area contributed by atoms with Crippen LogP contribution in [0.5, 0.6) is 0 Å². The first-order chi connectivity index (χ1) is 12.6. The largest absolute Gasteiger partial charge is 0.442 e. The minimum atomic E-state index is -0.341. The zero-order valence-electron chi connectivity index (χ0n) is 14.6. The monoisotopic (exact) mass is 355 g/mol. The van der Waals surface area contributed by atoms with Crippen LogP contribution in [0.2, 0.25) is 0 Å². The lowest BCUT2D eigenvalue weighted by Gasteiger charge is -2.16. The second-order valence-corrected chi connectivity index (χ2v) is 6.78. The van der Waals surface area contributed by atoms with E-state index in [0.717, 1.165) is 25.2 Å². The number of hydrogen-bond acceptors (Lipinski definition) is 5. The lowest BCUT2D eigenvalue weighted by atomic mass is 9.98. The number of hydrogen-bond donors (Lipinski definition) is 0. The van der Waals surface area contributed by atoms with Gasteiger partial charge in [-0.1, -0.05) is 17.3 Å². The van der Waals surface area contributed by atoms with Gasteiger partial charge in [0, 0.05) is 37.8 Å². The van der Waals surface area contributed by atoms with E-state index in [1.165, 1.54) is 5.56 Å². The number of aromatic nitrogens is 3. The molecule has 2 amide bonds. The molecule has 0 N–H and O–H groups in total. The van der Waals surface area contributed by atoms with Gasteiger partial charge in [0.15, 0.2) is 0 Å². The molecule has 2 aromatic rings. The number of rotatable bonds is 4. The number of cyclic esters (lactones) is 1. The van der Waals surface area contributed by atoms with Gasteiger partial charge in [-0.05, 0) is 24.1 Å². The highest BCUT2D eigenvalue weighted by Crippen LogP contribution is 2.30. The minimum Gasteiger partial charge on any atom is -0.442 e. The summed E-state index contributed by atoms with van der Waals surface area (Å²) in [7, 11) is 0. The lowest BCUT2D eigenvalue weighted by Crippen LogP contribution is -2.26. The van der Waals surface area contributed by atoms with E-state index >= 15 is 0 Å². The van der Waals surface area contributed by atoms with Crippen LogP contribution >= 0.6 is 0 Å². The van der Waals surface area contributed by atoms with Crippen LogP contribution < -0.4 is 4.90 Å². The summed E-state index contributed by atoms with van der Waals surface area (Å²) < 4.78 is 7.08. The molecular weight excluding hydrogens is 334 g/mol. The van der Waals surface area contributed by atoms with E-state index < -0.39 is 0 Å². The third-order valence-corrected chi connectivity index (χ3v) is 5.05. The van der Waals surface area contributed by atoms with Gasteiger partial charge in [-0.2, -0.15) is 0 Å². The Labute approximate surface area is 151 Å². The number of amides is 2. The van der Waals surface area contributed by atoms with Crippen LogP contribution in [0.1, 0.15) is 24.8 Å². The molecule has 1 aromatic heterocycles. The molecule has 2 fully saturated rings. The van der Waals surface area contributed by atoms with Crippen LogP contribution in [0.25, 0.3) is 0 Å². The SMILES string of the molecule is CC(=O)N1CCC(c2ccc(N3C[C@H](Cn4ccnn4)OC3=O)cc2)C1. The Kier molecular flexibility index (Phi) is 4.32. The van der Waals surface area contributed by atoms with Crippen molar-refractivity contribution in [2.75, 3.05) is 24.5 Å². The van der Waals surface area contributed by atoms with Crippen molar-refractivity contribution in [2.24, 2.45) is 0 Å². The minimum absolute atomic E-state index is 0.127.